The van der Waals surface area contributed by atoms with Gasteiger partial charge in [-0.2, -0.15) is 0 Å². The Morgan fingerprint density at radius 3 is 1.43 bits per heavy atom. The summed E-state index contributed by atoms with van der Waals surface area (Å²) in [5.41, 5.74) is 0. The van der Waals surface area contributed by atoms with Gasteiger partial charge in [0.25, 0.3) is 0 Å². The van der Waals surface area contributed by atoms with Crippen molar-refractivity contribution in [2.24, 2.45) is 0 Å². The SMILES string of the molecule is CC/C=C\C/C=C\C/C=C\C/C=C\CCCCCCCCCCCCCCCCCCC(=O)NC(COC1OC(CO)C(OC2OC(CO)C(O)C(O)C2O)C(O)C1O)C(O)/C=C/CC/C=C/CC/C=C/CCCCCC. The van der Waals surface area contributed by atoms with Crippen molar-refractivity contribution in [1.29, 1.82) is 0 Å². The van der Waals surface area contributed by atoms with Crippen LogP contribution in [0.2, 0.25) is 0 Å². The van der Waals surface area contributed by atoms with Crippen LogP contribution in [0.5, 0.6) is 0 Å². The number of aliphatic hydroxyl groups excluding tert-OH is 8. The number of ether oxygens (including phenoxy) is 4. The van der Waals surface area contributed by atoms with Crippen LogP contribution in [-0.2, 0) is 23.7 Å². The maximum Gasteiger partial charge on any atom is 0.220 e. The van der Waals surface area contributed by atoms with Crippen LogP contribution >= 0.6 is 0 Å². The highest BCUT2D eigenvalue weighted by atomic mass is 16.7. The minimum atomic E-state index is -1.79. The first-order chi connectivity index (χ1) is 37.6. The van der Waals surface area contributed by atoms with Gasteiger partial charge in [-0.05, 0) is 83.5 Å². The molecule has 2 saturated heterocycles. The third-order valence-electron chi connectivity index (χ3n) is 14.3. The number of allylic oxidation sites excluding steroid dienone is 13. The normalized spacial score (nSPS) is 25.3. The van der Waals surface area contributed by atoms with Gasteiger partial charge in [0.1, 0.15) is 48.8 Å². The average Bonchev–Trinajstić information content (AvgIpc) is 3.43. The molecule has 9 N–H and O–H groups in total. The number of hydrogen-bond acceptors (Lipinski definition) is 13. The van der Waals surface area contributed by atoms with E-state index in [4.69, 9.17) is 18.9 Å². The van der Waals surface area contributed by atoms with Crippen molar-refractivity contribution in [3.05, 3.63) is 85.1 Å². The molecule has 0 bridgehead atoms. The fourth-order valence-electron chi connectivity index (χ4n) is 9.43. The Kier molecular flexibility index (Phi) is 43.7. The summed E-state index contributed by atoms with van der Waals surface area (Å²) in [6, 6.07) is -0.941. The van der Waals surface area contributed by atoms with Crippen molar-refractivity contribution >= 4 is 5.91 Å². The van der Waals surface area contributed by atoms with E-state index in [9.17, 15) is 45.6 Å². The van der Waals surface area contributed by atoms with Crippen LogP contribution in [0, 0.1) is 0 Å². The molecule has 0 saturated carbocycles. The average molecular weight is 1090 g/mol. The molecule has 1 amide bonds. The van der Waals surface area contributed by atoms with E-state index in [1.165, 1.54) is 109 Å². The molecule has 12 atom stereocenters. The second-order valence-corrected chi connectivity index (χ2v) is 21.1. The topological polar surface area (TPSA) is 228 Å². The van der Waals surface area contributed by atoms with Gasteiger partial charge in [-0.3, -0.25) is 4.79 Å². The highest BCUT2D eigenvalue weighted by Crippen LogP contribution is 2.30. The van der Waals surface area contributed by atoms with E-state index in [0.29, 0.717) is 12.8 Å². The largest absolute Gasteiger partial charge is 0.394 e. The number of rotatable bonds is 47. The van der Waals surface area contributed by atoms with E-state index in [1.807, 2.05) is 6.08 Å². The number of aliphatic hydroxyl groups is 8. The van der Waals surface area contributed by atoms with Gasteiger partial charge < -0.3 is 65.1 Å². The molecule has 2 fully saturated rings. The number of hydrogen-bond donors (Lipinski definition) is 9. The fraction of sp³-hybridized carbons (Fsp3) is 0.762. The van der Waals surface area contributed by atoms with Crippen molar-refractivity contribution in [1.82, 2.24) is 5.32 Å². The Morgan fingerprint density at radius 1 is 0.481 bits per heavy atom. The van der Waals surface area contributed by atoms with Gasteiger partial charge in [-0.1, -0.05) is 208 Å². The summed E-state index contributed by atoms with van der Waals surface area (Å²) in [4.78, 5) is 13.3. The summed E-state index contributed by atoms with van der Waals surface area (Å²) in [5, 5.41) is 87.0. The second kappa shape index (κ2) is 47.9. The third kappa shape index (κ3) is 33.5. The van der Waals surface area contributed by atoms with Crippen LogP contribution in [0.1, 0.15) is 213 Å². The minimum absolute atomic E-state index is 0.256. The molecule has 12 unspecified atom stereocenters. The Balaban J connectivity index is 1.70. The van der Waals surface area contributed by atoms with Gasteiger partial charge in [0.05, 0.1) is 32.0 Å². The molecular weight excluding hydrogens is 979 g/mol. The molecule has 0 aromatic rings. The monoisotopic (exact) mass is 1090 g/mol. The molecule has 0 aromatic heterocycles. The highest BCUT2D eigenvalue weighted by Gasteiger charge is 2.51. The molecule has 0 aliphatic carbocycles. The van der Waals surface area contributed by atoms with E-state index in [1.54, 1.807) is 6.08 Å². The Labute approximate surface area is 465 Å². The lowest BCUT2D eigenvalue weighted by Gasteiger charge is -2.46. The zero-order valence-corrected chi connectivity index (χ0v) is 47.7. The lowest BCUT2D eigenvalue weighted by molar-refractivity contribution is -0.359. The maximum atomic E-state index is 13.3. The van der Waals surface area contributed by atoms with E-state index < -0.39 is 86.8 Å². The van der Waals surface area contributed by atoms with Crippen molar-refractivity contribution in [3.8, 4) is 0 Å². The first-order valence-corrected chi connectivity index (χ1v) is 30.3. The zero-order valence-electron chi connectivity index (χ0n) is 47.7. The molecule has 14 heteroatoms. The number of unbranched alkanes of at least 4 members (excludes halogenated alkanes) is 22. The first-order valence-electron chi connectivity index (χ1n) is 30.3. The molecule has 2 heterocycles. The van der Waals surface area contributed by atoms with Crippen LogP contribution in [0.4, 0.5) is 0 Å². The van der Waals surface area contributed by atoms with E-state index in [-0.39, 0.29) is 18.9 Å². The molecule has 0 spiro atoms. The summed E-state index contributed by atoms with van der Waals surface area (Å²) in [5.74, 6) is -0.256. The molecule has 14 nitrogen and oxygen atoms in total. The highest BCUT2D eigenvalue weighted by molar-refractivity contribution is 5.76. The Morgan fingerprint density at radius 2 is 0.909 bits per heavy atom. The van der Waals surface area contributed by atoms with Crippen molar-refractivity contribution in [3.63, 3.8) is 0 Å². The number of carbonyl (C=O) groups excluding carboxylic acids is 1. The molecule has 2 aliphatic rings. The molecule has 2 aliphatic heterocycles. The van der Waals surface area contributed by atoms with Gasteiger partial charge >= 0.3 is 0 Å². The van der Waals surface area contributed by atoms with Gasteiger partial charge in [0.2, 0.25) is 5.91 Å². The lowest BCUT2D eigenvalue weighted by Crippen LogP contribution is -2.65. The molecule has 0 aromatic carbocycles. The standard InChI is InChI=1S/C63H109NO13/c1-3-5-7-9-11-13-15-17-19-20-21-22-23-24-25-26-27-28-29-30-31-32-33-35-37-39-41-43-45-47-55(68)64-51(52(67)46-44-42-40-38-36-34-18-16-14-12-10-8-6-4-2)50-74-62-60(73)58(71)61(54(49-66)76-62)77-63-59(72)57(70)56(69)53(48-65)75-63/h5,7,11,13-14,16-17,19,21-22,36,38,44,46,51-54,56-63,65-67,69-73H,3-4,6,8-10,12,15,18,20,23-35,37,39-43,45,47-50H2,1-2H3,(H,64,68)/b7-5-,13-11-,16-14+,19-17-,22-21-,38-36+,46-44+. The van der Waals surface area contributed by atoms with Gasteiger partial charge in [-0.25, -0.2) is 0 Å². The van der Waals surface area contributed by atoms with E-state index >= 15 is 0 Å². The van der Waals surface area contributed by atoms with Crippen LogP contribution < -0.4 is 5.32 Å². The van der Waals surface area contributed by atoms with E-state index in [0.717, 1.165) is 70.6 Å². The summed E-state index contributed by atoms with van der Waals surface area (Å²) >= 11 is 0. The predicted octanol–water partition coefficient (Wildman–Crippen LogP) is 10.5. The van der Waals surface area contributed by atoms with Crippen molar-refractivity contribution < 1.29 is 64.6 Å². The van der Waals surface area contributed by atoms with Crippen LogP contribution in [-0.4, -0.2) is 140 Å². The second-order valence-electron chi connectivity index (χ2n) is 21.1. The van der Waals surface area contributed by atoms with Crippen LogP contribution in [0.15, 0.2) is 85.1 Å². The molecular formula is C63H109NO13. The first kappa shape index (κ1) is 70.3. The predicted molar refractivity (Wildman–Crippen MR) is 309 cm³/mol. The quantitative estimate of drug-likeness (QED) is 0.0204. The molecule has 0 radical (unpaired) electrons. The maximum absolute atomic E-state index is 13.3. The van der Waals surface area contributed by atoms with Gasteiger partial charge in [-0.15, -0.1) is 0 Å². The van der Waals surface area contributed by atoms with Crippen molar-refractivity contribution in [2.45, 2.75) is 286 Å². The smallest absolute Gasteiger partial charge is 0.220 e. The fourth-order valence-corrected chi connectivity index (χ4v) is 9.43. The lowest BCUT2D eigenvalue weighted by atomic mass is 9.97. The summed E-state index contributed by atoms with van der Waals surface area (Å²) in [6.45, 7) is 2.63. The van der Waals surface area contributed by atoms with Crippen LogP contribution in [0.25, 0.3) is 0 Å². The van der Waals surface area contributed by atoms with Gasteiger partial charge in [0.15, 0.2) is 12.6 Å². The van der Waals surface area contributed by atoms with Gasteiger partial charge in [0, 0.05) is 6.42 Å². The van der Waals surface area contributed by atoms with Crippen LogP contribution in [0.3, 0.4) is 0 Å². The Hall–Kier alpha value is -2.83. The number of carbonyl (C=O) groups is 1. The van der Waals surface area contributed by atoms with Crippen molar-refractivity contribution in [2.75, 3.05) is 19.8 Å². The summed E-state index contributed by atoms with van der Waals surface area (Å²) in [6.07, 6.45) is 47.8. The molecule has 444 valence electrons. The van der Waals surface area contributed by atoms with E-state index in [2.05, 4.69) is 92.1 Å². The molecule has 77 heavy (non-hydrogen) atoms. The molecule has 2 rings (SSSR count). The summed E-state index contributed by atoms with van der Waals surface area (Å²) < 4.78 is 22.7. The summed E-state index contributed by atoms with van der Waals surface area (Å²) in [7, 11) is 0. The zero-order chi connectivity index (χ0) is 56.0. The third-order valence-corrected chi connectivity index (χ3v) is 14.3. The minimum Gasteiger partial charge on any atom is -0.394 e. The number of amides is 1. The number of nitrogens with one attached hydrogen (secondary N) is 1. The Bertz CT molecular complexity index is 1610.